The first-order valence-corrected chi connectivity index (χ1v) is 5.83. The normalized spacial score (nSPS) is 13.2. The van der Waals surface area contributed by atoms with Crippen LogP contribution in [0.5, 0.6) is 11.5 Å². The number of carbonyl (C=O) groups is 1. The lowest BCUT2D eigenvalue weighted by atomic mass is 10.1. The molecule has 1 rings (SSSR count). The lowest BCUT2D eigenvalue weighted by Gasteiger charge is -2.18. The summed E-state index contributed by atoms with van der Waals surface area (Å²) in [6.45, 7) is -1.52. The maximum absolute atomic E-state index is 12.6. The summed E-state index contributed by atoms with van der Waals surface area (Å²) in [4.78, 5) is 11.4. The third-order valence-corrected chi connectivity index (χ3v) is 2.65. The van der Waals surface area contributed by atoms with Crippen LogP contribution in [0.25, 0.3) is 0 Å². The summed E-state index contributed by atoms with van der Waals surface area (Å²) in [6.07, 6.45) is -4.01. The fraction of sp³-hybridized carbons (Fsp3) is 0.417. The van der Waals surface area contributed by atoms with Crippen molar-refractivity contribution < 1.29 is 32.6 Å². The summed E-state index contributed by atoms with van der Waals surface area (Å²) in [6, 6.07) is 2.43. The number of hydrogen-bond acceptors (Lipinski definition) is 4. The zero-order valence-electron chi connectivity index (χ0n) is 10.7. The van der Waals surface area contributed by atoms with Gasteiger partial charge in [-0.2, -0.15) is 8.78 Å². The van der Waals surface area contributed by atoms with E-state index in [0.717, 1.165) is 6.07 Å². The van der Waals surface area contributed by atoms with Gasteiger partial charge in [0, 0.05) is 0 Å². The van der Waals surface area contributed by atoms with Gasteiger partial charge >= 0.3 is 12.3 Å². The summed E-state index contributed by atoms with van der Waals surface area (Å²) in [5, 5.41) is 20.0. The van der Waals surface area contributed by atoms with Gasteiger partial charge in [-0.1, -0.05) is 6.07 Å². The minimum atomic E-state index is -4.33. The Kier molecular flexibility index (Phi) is 5.36. The lowest BCUT2D eigenvalue weighted by molar-refractivity contribution is -0.137. The average Bonchev–Trinajstić information content (AvgIpc) is 2.40. The largest absolute Gasteiger partial charge is 0.504 e. The number of aromatic hydroxyl groups is 2. The number of carbonyl (C=O) groups excluding carboxylic acids is 1. The smallest absolute Gasteiger partial charge is 0.324 e. The molecule has 118 valence electrons. The van der Waals surface area contributed by atoms with Gasteiger partial charge < -0.3 is 21.3 Å². The highest BCUT2D eigenvalue weighted by Crippen LogP contribution is 2.25. The summed E-state index contributed by atoms with van der Waals surface area (Å²) >= 11 is 0. The van der Waals surface area contributed by atoms with E-state index in [4.69, 9.17) is 10.8 Å². The second-order valence-corrected chi connectivity index (χ2v) is 4.41. The van der Waals surface area contributed by atoms with Crippen molar-refractivity contribution in [3.05, 3.63) is 23.8 Å². The van der Waals surface area contributed by atoms with Gasteiger partial charge in [-0.25, -0.2) is 8.78 Å². The summed E-state index contributed by atoms with van der Waals surface area (Å²) in [7, 11) is 0. The van der Waals surface area contributed by atoms with Crippen LogP contribution >= 0.6 is 0 Å². The van der Waals surface area contributed by atoms with Crippen LogP contribution in [0.3, 0.4) is 0 Å². The Morgan fingerprint density at radius 3 is 2.43 bits per heavy atom. The molecule has 0 saturated carbocycles. The Morgan fingerprint density at radius 1 is 1.29 bits per heavy atom. The fourth-order valence-corrected chi connectivity index (χ4v) is 1.46. The molecule has 21 heavy (non-hydrogen) atoms. The molecule has 0 fully saturated rings. The first-order chi connectivity index (χ1) is 9.63. The first-order valence-electron chi connectivity index (χ1n) is 5.83. The van der Waals surface area contributed by atoms with Gasteiger partial charge in [-0.3, -0.25) is 4.79 Å². The van der Waals surface area contributed by atoms with Crippen LogP contribution < -0.4 is 11.1 Å². The minimum absolute atomic E-state index is 0.125. The van der Waals surface area contributed by atoms with Gasteiger partial charge in [0.1, 0.15) is 0 Å². The van der Waals surface area contributed by atoms with E-state index in [9.17, 15) is 27.5 Å². The summed E-state index contributed by atoms with van der Waals surface area (Å²) in [5.74, 6) is -6.15. The molecule has 0 heterocycles. The molecule has 5 N–H and O–H groups in total. The molecule has 0 radical (unpaired) electrons. The predicted molar refractivity (Wildman–Crippen MR) is 65.4 cm³/mol. The van der Waals surface area contributed by atoms with Gasteiger partial charge in [0.15, 0.2) is 11.5 Å². The van der Waals surface area contributed by atoms with Crippen LogP contribution in [0, 0.1) is 0 Å². The first kappa shape index (κ1) is 17.0. The van der Waals surface area contributed by atoms with Crippen molar-refractivity contribution in [3.63, 3.8) is 0 Å². The highest BCUT2D eigenvalue weighted by Gasteiger charge is 2.41. The molecule has 0 spiro atoms. The van der Waals surface area contributed by atoms with Crippen LogP contribution in [-0.2, 0) is 11.2 Å². The number of halogens is 4. The maximum atomic E-state index is 12.6. The van der Waals surface area contributed by atoms with E-state index in [2.05, 4.69) is 0 Å². The van der Waals surface area contributed by atoms with Crippen LogP contribution in [-0.4, -0.2) is 41.1 Å². The van der Waals surface area contributed by atoms with Gasteiger partial charge in [0.05, 0.1) is 12.6 Å². The topological polar surface area (TPSA) is 95.6 Å². The van der Waals surface area contributed by atoms with Crippen molar-refractivity contribution in [2.24, 2.45) is 5.73 Å². The number of nitrogens with one attached hydrogen (secondary N) is 1. The van der Waals surface area contributed by atoms with Crippen molar-refractivity contribution in [1.29, 1.82) is 0 Å². The number of nitrogens with two attached hydrogens (primary N) is 1. The van der Waals surface area contributed by atoms with E-state index in [1.165, 1.54) is 12.1 Å². The number of hydrogen-bond donors (Lipinski definition) is 4. The third kappa shape index (κ3) is 4.78. The molecule has 1 atom stereocenters. The average molecular weight is 310 g/mol. The standard InChI is InChI=1S/C12H14F4N2O3/c13-11(14)12(15,16)5-18-10(21)7(17)3-6-1-2-8(19)9(20)4-6/h1-2,4,7,11,19-20H,3,5,17H2,(H,18,21)/t7-/m0/s1. The number of rotatable bonds is 6. The Bertz CT molecular complexity index is 511. The number of alkyl halides is 4. The van der Waals surface area contributed by atoms with E-state index in [1.54, 1.807) is 5.32 Å². The monoisotopic (exact) mass is 310 g/mol. The van der Waals surface area contributed by atoms with Crippen LogP contribution in [0.4, 0.5) is 17.6 Å². The predicted octanol–water partition coefficient (Wildman–Crippen LogP) is 0.984. The number of phenols is 2. The third-order valence-electron chi connectivity index (χ3n) is 2.65. The van der Waals surface area contributed by atoms with Crippen LogP contribution in [0.15, 0.2) is 18.2 Å². The maximum Gasteiger partial charge on any atom is 0.324 e. The van der Waals surface area contributed by atoms with E-state index >= 15 is 0 Å². The Balaban J connectivity index is 2.57. The minimum Gasteiger partial charge on any atom is -0.504 e. The molecule has 0 aliphatic rings. The zero-order chi connectivity index (χ0) is 16.2. The molecule has 0 aromatic heterocycles. The molecule has 0 aliphatic carbocycles. The lowest BCUT2D eigenvalue weighted by Crippen LogP contribution is -2.48. The van der Waals surface area contributed by atoms with Gasteiger partial charge in [0.2, 0.25) is 5.91 Å². The number of amides is 1. The van der Waals surface area contributed by atoms with Gasteiger partial charge in [-0.05, 0) is 24.1 Å². The van der Waals surface area contributed by atoms with Crippen molar-refractivity contribution >= 4 is 5.91 Å². The van der Waals surface area contributed by atoms with Crippen molar-refractivity contribution in [1.82, 2.24) is 5.32 Å². The molecule has 0 saturated heterocycles. The molecule has 1 aromatic carbocycles. The van der Waals surface area contributed by atoms with Gasteiger partial charge in [-0.15, -0.1) is 0 Å². The molecule has 1 aromatic rings. The van der Waals surface area contributed by atoms with E-state index < -0.39 is 36.6 Å². The Hall–Kier alpha value is -2.03. The van der Waals surface area contributed by atoms with Crippen molar-refractivity contribution in [2.75, 3.05) is 6.54 Å². The second-order valence-electron chi connectivity index (χ2n) is 4.41. The SMILES string of the molecule is N[C@@H](Cc1ccc(O)c(O)c1)C(=O)NCC(F)(F)C(F)F. The van der Waals surface area contributed by atoms with E-state index in [-0.39, 0.29) is 12.2 Å². The van der Waals surface area contributed by atoms with Crippen molar-refractivity contribution in [3.8, 4) is 11.5 Å². The molecule has 0 aliphatic heterocycles. The molecular formula is C12H14F4N2O3. The van der Waals surface area contributed by atoms with Gasteiger partial charge in [0.25, 0.3) is 0 Å². The summed E-state index contributed by atoms with van der Waals surface area (Å²) in [5.41, 5.74) is 5.82. The van der Waals surface area contributed by atoms with E-state index in [1.807, 2.05) is 0 Å². The van der Waals surface area contributed by atoms with Crippen LogP contribution in [0.1, 0.15) is 5.56 Å². The molecule has 0 unspecified atom stereocenters. The number of benzene rings is 1. The van der Waals surface area contributed by atoms with Crippen LogP contribution in [0.2, 0.25) is 0 Å². The highest BCUT2D eigenvalue weighted by atomic mass is 19.3. The van der Waals surface area contributed by atoms with Crippen molar-refractivity contribution in [2.45, 2.75) is 24.8 Å². The quantitative estimate of drug-likeness (QED) is 0.465. The zero-order valence-corrected chi connectivity index (χ0v) is 10.7. The number of phenolic OH excluding ortho intramolecular Hbond substituents is 2. The van der Waals surface area contributed by atoms with E-state index in [0.29, 0.717) is 5.56 Å². The molecule has 0 bridgehead atoms. The molecule has 9 heteroatoms. The second kappa shape index (κ2) is 6.61. The fourth-order valence-electron chi connectivity index (χ4n) is 1.46. The molecule has 1 amide bonds. The Labute approximate surface area is 117 Å². The molecular weight excluding hydrogens is 296 g/mol. The highest BCUT2D eigenvalue weighted by molar-refractivity contribution is 5.81. The Morgan fingerprint density at radius 2 is 1.90 bits per heavy atom. The summed E-state index contributed by atoms with van der Waals surface area (Å²) < 4.78 is 49.1. The molecule has 5 nitrogen and oxygen atoms in total.